The molecule has 8 heteroatoms. The van der Waals surface area contributed by atoms with Gasteiger partial charge in [0.05, 0.1) is 0 Å². The maximum Gasteiger partial charge on any atom is 0.407 e. The van der Waals surface area contributed by atoms with Gasteiger partial charge in [-0.15, -0.1) is 0 Å². The van der Waals surface area contributed by atoms with Gasteiger partial charge in [0.25, 0.3) is 0 Å². The predicted molar refractivity (Wildman–Crippen MR) is 60.3 cm³/mol. The first-order valence-corrected chi connectivity index (χ1v) is 5.53. The van der Waals surface area contributed by atoms with E-state index < -0.39 is 11.7 Å². The number of ether oxygens (including phenoxy) is 1. The third-order valence-electron chi connectivity index (χ3n) is 2.01. The van der Waals surface area contributed by atoms with Gasteiger partial charge in [-0.2, -0.15) is 0 Å². The minimum Gasteiger partial charge on any atom is -0.444 e. The van der Waals surface area contributed by atoms with E-state index in [9.17, 15) is 9.70 Å². The first-order valence-electron chi connectivity index (χ1n) is 5.53. The standard InChI is InChI=1S/C10H17N3O5/c1-10(2,3)17-9(15)11-5-4-8-7(6-14)12-18-13(8)16/h14H,4-6H2,1-3H3,(H-,11,12,15,16)/p+1. The first-order chi connectivity index (χ1) is 8.33. The summed E-state index contributed by atoms with van der Waals surface area (Å²) in [7, 11) is 0. The second-order valence-corrected chi connectivity index (χ2v) is 4.71. The highest BCUT2D eigenvalue weighted by atomic mass is 16.7. The maximum atomic E-state index is 11.3. The molecule has 1 aromatic heterocycles. The fourth-order valence-corrected chi connectivity index (χ4v) is 1.28. The van der Waals surface area contributed by atoms with Crippen molar-refractivity contribution in [2.24, 2.45) is 0 Å². The molecule has 3 N–H and O–H groups in total. The maximum absolute atomic E-state index is 11.3. The van der Waals surface area contributed by atoms with Gasteiger partial charge in [0.1, 0.15) is 12.2 Å². The van der Waals surface area contributed by atoms with Gasteiger partial charge in [0.2, 0.25) is 11.4 Å². The Labute approximate surface area is 103 Å². The van der Waals surface area contributed by atoms with Crippen molar-refractivity contribution >= 4 is 6.09 Å². The number of aliphatic hydroxyl groups excluding tert-OH is 1. The second kappa shape index (κ2) is 5.67. The van der Waals surface area contributed by atoms with Crippen LogP contribution in [0.3, 0.4) is 0 Å². The van der Waals surface area contributed by atoms with Crippen LogP contribution in [0.15, 0.2) is 4.63 Å². The van der Waals surface area contributed by atoms with Crippen molar-refractivity contribution < 1.29 is 23.9 Å². The smallest absolute Gasteiger partial charge is 0.407 e. The van der Waals surface area contributed by atoms with Gasteiger partial charge in [0, 0.05) is 13.0 Å². The molecule has 0 bridgehead atoms. The van der Waals surface area contributed by atoms with E-state index in [0.29, 0.717) is 0 Å². The monoisotopic (exact) mass is 260 g/mol. The highest BCUT2D eigenvalue weighted by molar-refractivity contribution is 5.67. The number of aromatic nitrogens is 2. The number of H-pyrrole nitrogens is 1. The van der Waals surface area contributed by atoms with E-state index in [1.165, 1.54) is 0 Å². The number of carbonyl (C=O) groups excluding carboxylic acids is 1. The number of aliphatic hydroxyl groups is 1. The lowest BCUT2D eigenvalue weighted by Crippen LogP contribution is -2.34. The number of carbonyl (C=O) groups is 1. The zero-order valence-electron chi connectivity index (χ0n) is 10.6. The highest BCUT2D eigenvalue weighted by Crippen LogP contribution is 2.06. The van der Waals surface area contributed by atoms with Gasteiger partial charge >= 0.3 is 6.09 Å². The molecule has 0 aliphatic rings. The van der Waals surface area contributed by atoms with Gasteiger partial charge < -0.3 is 15.2 Å². The van der Waals surface area contributed by atoms with Crippen LogP contribution in [0.25, 0.3) is 0 Å². The van der Waals surface area contributed by atoms with Gasteiger partial charge in [0.15, 0.2) is 4.60 Å². The van der Waals surface area contributed by atoms with E-state index in [-0.39, 0.29) is 35.6 Å². The van der Waals surface area contributed by atoms with Crippen LogP contribution in [0.4, 0.5) is 4.79 Å². The molecule has 0 aromatic carbocycles. The molecule has 1 amide bonds. The van der Waals surface area contributed by atoms with Crippen LogP contribution in [-0.2, 0) is 17.8 Å². The molecule has 8 nitrogen and oxygen atoms in total. The number of hydrogen-bond donors (Lipinski definition) is 3. The predicted octanol–water partition coefficient (Wildman–Crippen LogP) is 0.0817. The first kappa shape index (κ1) is 14.2. The van der Waals surface area contributed by atoms with Crippen molar-refractivity contribution in [2.45, 2.75) is 39.4 Å². The van der Waals surface area contributed by atoms with Crippen molar-refractivity contribution in [3.05, 3.63) is 16.3 Å². The molecule has 0 aliphatic heterocycles. The van der Waals surface area contributed by atoms with Crippen LogP contribution in [0, 0.1) is 4.91 Å². The molecule has 0 radical (unpaired) electrons. The number of nitrogens with zero attached hydrogens (tertiary/aromatic N) is 1. The topological polar surface area (TPSA) is 110 Å². The van der Waals surface area contributed by atoms with E-state index in [2.05, 4.69) is 15.1 Å². The van der Waals surface area contributed by atoms with Crippen molar-refractivity contribution in [1.29, 1.82) is 0 Å². The Kier molecular flexibility index (Phi) is 4.49. The molecule has 0 fully saturated rings. The average molecular weight is 260 g/mol. The quantitative estimate of drug-likeness (QED) is 0.710. The molecular weight excluding hydrogens is 242 g/mol. The Morgan fingerprint density at radius 1 is 1.56 bits per heavy atom. The SMILES string of the molecule is CC(C)(C)OC(=O)NCCc1c(CO)[nH]o[n+]1=O. The second-order valence-electron chi connectivity index (χ2n) is 4.71. The number of hydrogen-bond acceptors (Lipinski definition) is 5. The summed E-state index contributed by atoms with van der Waals surface area (Å²) in [5, 5.41) is 13.7. The van der Waals surface area contributed by atoms with Gasteiger partial charge in [-0.25, -0.2) is 4.79 Å². The molecule has 18 heavy (non-hydrogen) atoms. The van der Waals surface area contributed by atoms with Gasteiger partial charge in [-0.05, 0) is 25.7 Å². The number of aromatic amines is 1. The van der Waals surface area contributed by atoms with Crippen molar-refractivity contribution in [3.8, 4) is 0 Å². The lowest BCUT2D eigenvalue weighted by molar-refractivity contribution is -0.719. The minimum atomic E-state index is -0.567. The van der Waals surface area contributed by atoms with E-state index in [1.54, 1.807) is 20.8 Å². The van der Waals surface area contributed by atoms with Crippen molar-refractivity contribution in [3.63, 3.8) is 0 Å². The molecule has 0 aliphatic carbocycles. The van der Waals surface area contributed by atoms with Crippen LogP contribution in [0.5, 0.6) is 0 Å². The Hall–Kier alpha value is -1.83. The summed E-state index contributed by atoms with van der Waals surface area (Å²) in [5.41, 5.74) is -0.0353. The molecule has 0 saturated heterocycles. The number of alkyl carbamates (subject to hydrolysis) is 1. The van der Waals surface area contributed by atoms with E-state index in [1.807, 2.05) is 0 Å². The minimum absolute atomic E-state index is 0.206. The van der Waals surface area contributed by atoms with Crippen LogP contribution in [0.1, 0.15) is 32.2 Å². The summed E-state index contributed by atoms with van der Waals surface area (Å²) < 4.78 is 9.75. The van der Waals surface area contributed by atoms with Crippen molar-refractivity contribution in [2.75, 3.05) is 6.54 Å². The van der Waals surface area contributed by atoms with Crippen LogP contribution >= 0.6 is 0 Å². The van der Waals surface area contributed by atoms with E-state index >= 15 is 0 Å². The number of nitrogens with one attached hydrogen (secondary N) is 2. The fourth-order valence-electron chi connectivity index (χ4n) is 1.28. The largest absolute Gasteiger partial charge is 0.444 e. The number of rotatable bonds is 4. The zero-order chi connectivity index (χ0) is 13.8. The summed E-state index contributed by atoms with van der Waals surface area (Å²) in [5.74, 6) is 0. The molecule has 0 saturated carbocycles. The molecule has 0 unspecified atom stereocenters. The summed E-state index contributed by atoms with van der Waals surface area (Å²) in [4.78, 5) is 22.5. The Balaban J connectivity index is 2.45. The summed E-state index contributed by atoms with van der Waals surface area (Å²) >= 11 is 0. The summed E-state index contributed by atoms with van der Waals surface area (Å²) in [6.07, 6.45) is -0.330. The third kappa shape index (κ3) is 4.21. The summed E-state index contributed by atoms with van der Waals surface area (Å²) in [6, 6.07) is 0. The fraction of sp³-hybridized carbons (Fsp3) is 0.700. The lowest BCUT2D eigenvalue weighted by Gasteiger charge is -2.19. The molecular formula is C10H18N3O5+. The Morgan fingerprint density at radius 2 is 2.22 bits per heavy atom. The third-order valence-corrected chi connectivity index (χ3v) is 2.01. The van der Waals surface area contributed by atoms with Crippen molar-refractivity contribution in [1.82, 2.24) is 10.5 Å². The average Bonchev–Trinajstić information content (AvgIpc) is 2.57. The number of amides is 1. The molecule has 0 atom stereocenters. The van der Waals surface area contributed by atoms with Crippen LogP contribution in [0.2, 0.25) is 0 Å². The molecule has 1 aromatic rings. The molecule has 0 spiro atoms. The zero-order valence-corrected chi connectivity index (χ0v) is 10.6. The molecule has 1 rings (SSSR count). The lowest BCUT2D eigenvalue weighted by atomic mass is 10.2. The molecule has 1 heterocycles. The van der Waals surface area contributed by atoms with Crippen LogP contribution < -0.4 is 9.92 Å². The Bertz CT molecular complexity index is 457. The van der Waals surface area contributed by atoms with E-state index in [4.69, 9.17) is 9.84 Å². The summed E-state index contributed by atoms with van der Waals surface area (Å²) in [6.45, 7) is 5.14. The van der Waals surface area contributed by atoms with Crippen LogP contribution in [-0.4, -0.2) is 28.5 Å². The highest BCUT2D eigenvalue weighted by Gasteiger charge is 2.20. The normalized spacial score (nSPS) is 11.3. The van der Waals surface area contributed by atoms with Gasteiger partial charge in [-0.1, -0.05) is 9.79 Å². The van der Waals surface area contributed by atoms with Gasteiger partial charge in [-0.3, -0.25) is 0 Å². The molecule has 102 valence electrons. The van der Waals surface area contributed by atoms with E-state index in [0.717, 1.165) is 0 Å². The Morgan fingerprint density at radius 3 is 2.78 bits per heavy atom.